The van der Waals surface area contributed by atoms with Gasteiger partial charge in [0.1, 0.15) is 0 Å². The molecule has 0 bridgehead atoms. The third kappa shape index (κ3) is 2.70. The van der Waals surface area contributed by atoms with Crippen LogP contribution in [0, 0.1) is 0 Å². The van der Waals surface area contributed by atoms with E-state index in [1.807, 2.05) is 11.4 Å². The van der Waals surface area contributed by atoms with Gasteiger partial charge in [0.15, 0.2) is 11.7 Å². The number of hydrogen-bond acceptors (Lipinski definition) is 4. The quantitative estimate of drug-likeness (QED) is 0.904. The topological polar surface area (TPSA) is 38.1 Å². The molecule has 1 aliphatic carbocycles. The zero-order chi connectivity index (χ0) is 11.7. The van der Waals surface area contributed by atoms with Crippen molar-refractivity contribution in [1.82, 2.24) is 10.3 Å². The average Bonchev–Trinajstić information content (AvgIpc) is 2.85. The van der Waals surface area contributed by atoms with Crippen molar-refractivity contribution in [1.29, 1.82) is 0 Å². The molecule has 0 atom stereocenters. The molecule has 2 aromatic heterocycles. The molecule has 0 saturated heterocycles. The molecule has 2 aromatic rings. The van der Waals surface area contributed by atoms with Gasteiger partial charge in [0, 0.05) is 19.0 Å². The van der Waals surface area contributed by atoms with Gasteiger partial charge in [-0.25, -0.2) is 4.98 Å². The van der Waals surface area contributed by atoms with Crippen LogP contribution in [-0.2, 0) is 6.42 Å². The molecular formula is C12H13ClN2OS. The van der Waals surface area contributed by atoms with Crippen molar-refractivity contribution >= 4 is 22.9 Å². The van der Waals surface area contributed by atoms with Crippen molar-refractivity contribution in [3.05, 3.63) is 28.6 Å². The van der Waals surface area contributed by atoms with Crippen LogP contribution in [0.4, 0.5) is 0 Å². The van der Waals surface area contributed by atoms with E-state index in [4.69, 9.17) is 16.0 Å². The fourth-order valence-electron chi connectivity index (χ4n) is 1.67. The minimum Gasteiger partial charge on any atom is -0.440 e. The maximum Gasteiger partial charge on any atom is 0.196 e. The van der Waals surface area contributed by atoms with Crippen molar-refractivity contribution < 1.29 is 4.42 Å². The molecule has 0 spiro atoms. The molecule has 3 rings (SSSR count). The van der Waals surface area contributed by atoms with Crippen molar-refractivity contribution in [3.8, 4) is 10.6 Å². The lowest BCUT2D eigenvalue weighted by Crippen LogP contribution is -2.19. The first-order chi connectivity index (χ1) is 8.33. The minimum absolute atomic E-state index is 0.730. The van der Waals surface area contributed by atoms with E-state index >= 15 is 0 Å². The SMILES string of the molecule is Clc1ccsc1-c1cnc(CCNC2CC2)o1. The fraction of sp³-hybridized carbons (Fsp3) is 0.417. The number of aromatic nitrogens is 1. The van der Waals surface area contributed by atoms with Gasteiger partial charge in [-0.05, 0) is 24.3 Å². The summed E-state index contributed by atoms with van der Waals surface area (Å²) in [4.78, 5) is 5.23. The van der Waals surface area contributed by atoms with E-state index in [9.17, 15) is 0 Å². The third-order valence-corrected chi connectivity index (χ3v) is 4.10. The molecule has 2 heterocycles. The molecule has 3 nitrogen and oxygen atoms in total. The first kappa shape index (κ1) is 11.3. The van der Waals surface area contributed by atoms with Crippen LogP contribution in [-0.4, -0.2) is 17.6 Å². The van der Waals surface area contributed by atoms with Gasteiger partial charge in [-0.1, -0.05) is 11.6 Å². The second-order valence-electron chi connectivity index (χ2n) is 4.19. The highest BCUT2D eigenvalue weighted by Crippen LogP contribution is 2.33. The van der Waals surface area contributed by atoms with Gasteiger partial charge in [0.25, 0.3) is 0 Å². The Bertz CT molecular complexity index is 504. The number of hydrogen-bond donors (Lipinski definition) is 1. The number of thiophene rings is 1. The number of nitrogens with one attached hydrogen (secondary N) is 1. The molecule has 1 saturated carbocycles. The Hall–Kier alpha value is -0.840. The normalized spacial score (nSPS) is 15.4. The molecule has 0 aliphatic heterocycles. The summed E-state index contributed by atoms with van der Waals surface area (Å²) in [5.74, 6) is 1.55. The van der Waals surface area contributed by atoms with Gasteiger partial charge in [0.2, 0.25) is 0 Å². The van der Waals surface area contributed by atoms with Gasteiger partial charge in [0.05, 0.1) is 16.1 Å². The highest BCUT2D eigenvalue weighted by atomic mass is 35.5. The van der Waals surface area contributed by atoms with Crippen LogP contribution in [0.5, 0.6) is 0 Å². The Labute approximate surface area is 109 Å². The van der Waals surface area contributed by atoms with Crippen LogP contribution >= 0.6 is 22.9 Å². The van der Waals surface area contributed by atoms with E-state index in [1.165, 1.54) is 12.8 Å². The molecule has 0 radical (unpaired) electrons. The predicted molar refractivity (Wildman–Crippen MR) is 69.6 cm³/mol. The van der Waals surface area contributed by atoms with Gasteiger partial charge in [-0.2, -0.15) is 0 Å². The maximum absolute atomic E-state index is 6.05. The Balaban J connectivity index is 1.63. The predicted octanol–water partition coefficient (Wildman–Crippen LogP) is 3.35. The fourth-order valence-corrected chi connectivity index (χ4v) is 2.77. The van der Waals surface area contributed by atoms with E-state index in [2.05, 4.69) is 10.3 Å². The van der Waals surface area contributed by atoms with Crippen molar-refractivity contribution in [2.75, 3.05) is 6.54 Å². The lowest BCUT2D eigenvalue weighted by Gasteiger charge is -1.98. The molecule has 1 N–H and O–H groups in total. The Morgan fingerprint density at radius 2 is 2.41 bits per heavy atom. The van der Waals surface area contributed by atoms with Crippen molar-refractivity contribution in [3.63, 3.8) is 0 Å². The van der Waals surface area contributed by atoms with Gasteiger partial charge >= 0.3 is 0 Å². The summed E-state index contributed by atoms with van der Waals surface area (Å²) in [5.41, 5.74) is 0. The molecular weight excluding hydrogens is 256 g/mol. The van der Waals surface area contributed by atoms with E-state index in [0.29, 0.717) is 0 Å². The smallest absolute Gasteiger partial charge is 0.196 e. The molecule has 0 unspecified atom stereocenters. The van der Waals surface area contributed by atoms with Crippen LogP contribution in [0.1, 0.15) is 18.7 Å². The molecule has 5 heteroatoms. The van der Waals surface area contributed by atoms with Crippen LogP contribution in [0.25, 0.3) is 10.6 Å². The Morgan fingerprint density at radius 3 is 3.12 bits per heavy atom. The minimum atomic E-state index is 0.730. The van der Waals surface area contributed by atoms with Crippen LogP contribution < -0.4 is 5.32 Å². The third-order valence-electron chi connectivity index (χ3n) is 2.74. The number of halogens is 1. The first-order valence-electron chi connectivity index (χ1n) is 5.74. The largest absolute Gasteiger partial charge is 0.440 e. The highest BCUT2D eigenvalue weighted by Gasteiger charge is 2.20. The zero-order valence-corrected chi connectivity index (χ0v) is 10.9. The Kier molecular flexibility index (Phi) is 3.18. The molecule has 90 valence electrons. The lowest BCUT2D eigenvalue weighted by molar-refractivity contribution is 0.495. The van der Waals surface area contributed by atoms with E-state index in [-0.39, 0.29) is 0 Å². The van der Waals surface area contributed by atoms with Crippen molar-refractivity contribution in [2.45, 2.75) is 25.3 Å². The maximum atomic E-state index is 6.05. The Morgan fingerprint density at radius 1 is 1.53 bits per heavy atom. The number of rotatable bonds is 5. The van der Waals surface area contributed by atoms with Crippen LogP contribution in [0.15, 0.2) is 22.1 Å². The van der Waals surface area contributed by atoms with E-state index in [0.717, 1.165) is 40.6 Å². The molecule has 1 aliphatic rings. The summed E-state index contributed by atoms with van der Waals surface area (Å²) in [5, 5.41) is 6.12. The van der Waals surface area contributed by atoms with E-state index < -0.39 is 0 Å². The number of oxazole rings is 1. The summed E-state index contributed by atoms with van der Waals surface area (Å²) in [6, 6.07) is 2.61. The van der Waals surface area contributed by atoms with Gasteiger partial charge in [-0.3, -0.25) is 0 Å². The highest BCUT2D eigenvalue weighted by molar-refractivity contribution is 7.14. The first-order valence-corrected chi connectivity index (χ1v) is 7.00. The second-order valence-corrected chi connectivity index (χ2v) is 5.52. The van der Waals surface area contributed by atoms with Gasteiger partial charge < -0.3 is 9.73 Å². The summed E-state index contributed by atoms with van der Waals surface area (Å²) >= 11 is 7.62. The van der Waals surface area contributed by atoms with Crippen LogP contribution in [0.2, 0.25) is 5.02 Å². The second kappa shape index (κ2) is 4.80. The standard InChI is InChI=1S/C12H13ClN2OS/c13-9-4-6-17-12(9)10-7-15-11(16-10)3-5-14-8-1-2-8/h4,6-8,14H,1-3,5H2. The zero-order valence-electron chi connectivity index (χ0n) is 9.28. The average molecular weight is 269 g/mol. The summed E-state index contributed by atoms with van der Waals surface area (Å²) in [6.45, 7) is 0.933. The van der Waals surface area contributed by atoms with E-state index in [1.54, 1.807) is 17.5 Å². The van der Waals surface area contributed by atoms with Crippen LogP contribution in [0.3, 0.4) is 0 Å². The lowest BCUT2D eigenvalue weighted by atomic mass is 10.4. The molecule has 0 aromatic carbocycles. The molecule has 0 amide bonds. The summed E-state index contributed by atoms with van der Waals surface area (Å²) in [6.07, 6.45) is 5.20. The summed E-state index contributed by atoms with van der Waals surface area (Å²) < 4.78 is 5.69. The molecule has 1 fully saturated rings. The van der Waals surface area contributed by atoms with Gasteiger partial charge in [-0.15, -0.1) is 11.3 Å². The summed E-state index contributed by atoms with van der Waals surface area (Å²) in [7, 11) is 0. The monoisotopic (exact) mass is 268 g/mol. The molecule has 17 heavy (non-hydrogen) atoms. The van der Waals surface area contributed by atoms with Crippen molar-refractivity contribution in [2.24, 2.45) is 0 Å². The number of nitrogens with zero attached hydrogens (tertiary/aromatic N) is 1.